The second kappa shape index (κ2) is 17.8. The van der Waals surface area contributed by atoms with E-state index in [-0.39, 0.29) is 5.97 Å². The Labute approximate surface area is 170 Å². The molecule has 0 aliphatic heterocycles. The van der Waals surface area contributed by atoms with Crippen LogP contribution in [-0.4, -0.2) is 29.0 Å². The SMILES string of the molecule is C=C(C)C(=O)OCCCCCCCCCCCCCCCCOP(O)(O)=S. The highest BCUT2D eigenvalue weighted by atomic mass is 32.5. The molecule has 0 aliphatic carbocycles. The fourth-order valence-corrected chi connectivity index (χ4v) is 3.39. The molecular formula is C20H39O5PS. The lowest BCUT2D eigenvalue weighted by Gasteiger charge is -2.07. The molecule has 0 rings (SSSR count). The molecule has 0 fully saturated rings. The van der Waals surface area contributed by atoms with E-state index in [1.165, 1.54) is 64.2 Å². The van der Waals surface area contributed by atoms with Crippen molar-refractivity contribution in [3.05, 3.63) is 12.2 Å². The van der Waals surface area contributed by atoms with Gasteiger partial charge in [-0.3, -0.25) is 0 Å². The van der Waals surface area contributed by atoms with E-state index in [9.17, 15) is 4.79 Å². The number of carbonyl (C=O) groups is 1. The Morgan fingerprint density at radius 3 is 1.44 bits per heavy atom. The van der Waals surface area contributed by atoms with Crippen LogP contribution in [0.3, 0.4) is 0 Å². The quantitative estimate of drug-likeness (QED) is 0.119. The molecule has 0 saturated heterocycles. The van der Waals surface area contributed by atoms with Crippen molar-refractivity contribution in [1.29, 1.82) is 0 Å². The second-order valence-corrected chi connectivity index (χ2v) is 9.86. The molecule has 2 N–H and O–H groups in total. The van der Waals surface area contributed by atoms with Crippen molar-refractivity contribution < 1.29 is 23.8 Å². The summed E-state index contributed by atoms with van der Waals surface area (Å²) < 4.78 is 9.85. The normalized spacial score (nSPS) is 11.5. The Balaban J connectivity index is 3.12. The number of carbonyl (C=O) groups excluding carboxylic acids is 1. The van der Waals surface area contributed by atoms with Crippen molar-refractivity contribution in [2.75, 3.05) is 13.2 Å². The van der Waals surface area contributed by atoms with Crippen LogP contribution in [0.25, 0.3) is 0 Å². The van der Waals surface area contributed by atoms with Crippen LogP contribution in [0.2, 0.25) is 0 Å². The van der Waals surface area contributed by atoms with Gasteiger partial charge >= 0.3 is 12.7 Å². The summed E-state index contributed by atoms with van der Waals surface area (Å²) in [4.78, 5) is 29.0. The van der Waals surface area contributed by atoms with Gasteiger partial charge in [-0.1, -0.05) is 83.6 Å². The minimum Gasteiger partial charge on any atom is -0.462 e. The van der Waals surface area contributed by atoms with Gasteiger partial charge < -0.3 is 19.0 Å². The Hall–Kier alpha value is -0.260. The first-order valence-electron chi connectivity index (χ1n) is 10.4. The average Bonchev–Trinajstić information content (AvgIpc) is 2.59. The number of hydrogen-bond acceptors (Lipinski definition) is 4. The van der Waals surface area contributed by atoms with Crippen molar-refractivity contribution >= 4 is 24.5 Å². The number of rotatable bonds is 19. The molecule has 160 valence electrons. The van der Waals surface area contributed by atoms with Crippen LogP contribution in [0.4, 0.5) is 0 Å². The summed E-state index contributed by atoms with van der Waals surface area (Å²) in [6.45, 7) is 2.64. The third-order valence-electron chi connectivity index (χ3n) is 4.38. The minimum absolute atomic E-state index is 0.280. The molecule has 0 aromatic rings. The molecule has 27 heavy (non-hydrogen) atoms. The topological polar surface area (TPSA) is 76.0 Å². The van der Waals surface area contributed by atoms with Crippen LogP contribution >= 0.6 is 6.72 Å². The second-order valence-electron chi connectivity index (χ2n) is 7.19. The van der Waals surface area contributed by atoms with Crippen LogP contribution in [0.5, 0.6) is 0 Å². The molecule has 0 unspecified atom stereocenters. The lowest BCUT2D eigenvalue weighted by Crippen LogP contribution is -2.05. The predicted molar refractivity (Wildman–Crippen MR) is 115 cm³/mol. The van der Waals surface area contributed by atoms with Crippen LogP contribution in [0.15, 0.2) is 12.2 Å². The number of unbranched alkanes of at least 4 members (excludes halogenated alkanes) is 13. The lowest BCUT2D eigenvalue weighted by atomic mass is 10.0. The third-order valence-corrected chi connectivity index (χ3v) is 5.21. The Bertz CT molecular complexity index is 436. The maximum atomic E-state index is 11.2. The van der Waals surface area contributed by atoms with Crippen LogP contribution < -0.4 is 0 Å². The first-order chi connectivity index (χ1) is 12.8. The summed E-state index contributed by atoms with van der Waals surface area (Å²) in [5.74, 6) is -0.280. The molecule has 0 radical (unpaired) electrons. The van der Waals surface area contributed by atoms with Crippen molar-refractivity contribution in [2.24, 2.45) is 0 Å². The zero-order valence-corrected chi connectivity index (χ0v) is 18.7. The molecule has 5 nitrogen and oxygen atoms in total. The largest absolute Gasteiger partial charge is 0.462 e. The van der Waals surface area contributed by atoms with Crippen molar-refractivity contribution in [2.45, 2.75) is 96.8 Å². The molecule has 0 aromatic heterocycles. The molecule has 0 spiro atoms. The third kappa shape index (κ3) is 21.9. The van der Waals surface area contributed by atoms with Crippen LogP contribution in [-0.2, 0) is 25.9 Å². The maximum absolute atomic E-state index is 11.2. The monoisotopic (exact) mass is 422 g/mol. The van der Waals surface area contributed by atoms with Gasteiger partial charge in [0.2, 0.25) is 0 Å². The zero-order chi connectivity index (χ0) is 20.4. The molecule has 0 heterocycles. The summed E-state index contributed by atoms with van der Waals surface area (Å²) in [6, 6.07) is 0. The Kier molecular flexibility index (Phi) is 17.6. The standard InChI is InChI=1S/C20H39O5PS/c1-19(2)20(21)24-17-15-13-11-9-7-5-3-4-6-8-10-12-14-16-18-25-26(22,23)27/h1,3-18H2,2H3,(H2,22,23,27). The van der Waals surface area contributed by atoms with Crippen molar-refractivity contribution in [1.82, 2.24) is 0 Å². The summed E-state index contributed by atoms with van der Waals surface area (Å²) in [6.07, 6.45) is 16.7. The van der Waals surface area contributed by atoms with E-state index in [0.717, 1.165) is 25.7 Å². The van der Waals surface area contributed by atoms with E-state index in [0.29, 0.717) is 18.8 Å². The smallest absolute Gasteiger partial charge is 0.333 e. The zero-order valence-electron chi connectivity index (χ0n) is 17.0. The van der Waals surface area contributed by atoms with Gasteiger partial charge in [-0.15, -0.1) is 0 Å². The molecular weight excluding hydrogens is 383 g/mol. The number of hydrogen-bond donors (Lipinski definition) is 2. The molecule has 0 bridgehead atoms. The van der Waals surface area contributed by atoms with Gasteiger partial charge in [0, 0.05) is 5.57 Å². The molecule has 0 atom stereocenters. The van der Waals surface area contributed by atoms with Gasteiger partial charge in [-0.05, 0) is 31.6 Å². The summed E-state index contributed by atoms with van der Waals surface area (Å²) in [7, 11) is 0. The van der Waals surface area contributed by atoms with Gasteiger partial charge in [0.15, 0.2) is 0 Å². The molecule has 0 saturated carbocycles. The van der Waals surface area contributed by atoms with Gasteiger partial charge in [0.25, 0.3) is 0 Å². The van der Waals surface area contributed by atoms with Gasteiger partial charge in [0.05, 0.1) is 13.2 Å². The highest BCUT2D eigenvalue weighted by molar-refractivity contribution is 8.06. The minimum atomic E-state index is -3.45. The van der Waals surface area contributed by atoms with E-state index in [1.54, 1.807) is 6.92 Å². The predicted octanol–water partition coefficient (Wildman–Crippen LogP) is 5.79. The highest BCUT2D eigenvalue weighted by Crippen LogP contribution is 2.36. The highest BCUT2D eigenvalue weighted by Gasteiger charge is 2.06. The molecule has 0 aromatic carbocycles. The fourth-order valence-electron chi connectivity index (χ4n) is 2.80. The van der Waals surface area contributed by atoms with E-state index >= 15 is 0 Å². The van der Waals surface area contributed by atoms with Gasteiger partial charge in [-0.2, -0.15) is 0 Å². The summed E-state index contributed by atoms with van der Waals surface area (Å²) in [5, 5.41) is 0. The molecule has 7 heteroatoms. The van der Waals surface area contributed by atoms with E-state index in [2.05, 4.69) is 18.4 Å². The van der Waals surface area contributed by atoms with Gasteiger partial charge in [-0.25, -0.2) is 4.79 Å². The van der Waals surface area contributed by atoms with Crippen molar-refractivity contribution in [3.63, 3.8) is 0 Å². The molecule has 0 amide bonds. The first-order valence-corrected chi connectivity index (χ1v) is 13.0. The number of ether oxygens (including phenoxy) is 1. The number of esters is 1. The van der Waals surface area contributed by atoms with E-state index in [1.807, 2.05) is 0 Å². The molecule has 0 aliphatic rings. The Morgan fingerprint density at radius 2 is 1.11 bits per heavy atom. The maximum Gasteiger partial charge on any atom is 0.333 e. The van der Waals surface area contributed by atoms with Crippen LogP contribution in [0, 0.1) is 0 Å². The van der Waals surface area contributed by atoms with Crippen LogP contribution in [0.1, 0.15) is 96.8 Å². The lowest BCUT2D eigenvalue weighted by molar-refractivity contribution is -0.139. The first kappa shape index (κ1) is 26.7. The Morgan fingerprint density at radius 1 is 0.778 bits per heavy atom. The average molecular weight is 423 g/mol. The summed E-state index contributed by atoms with van der Waals surface area (Å²) >= 11 is 4.39. The van der Waals surface area contributed by atoms with Crippen molar-refractivity contribution in [3.8, 4) is 0 Å². The van der Waals surface area contributed by atoms with Gasteiger partial charge in [0.1, 0.15) is 0 Å². The summed E-state index contributed by atoms with van der Waals surface area (Å²) in [5.41, 5.74) is 0.468. The van der Waals surface area contributed by atoms with E-state index < -0.39 is 6.72 Å². The fraction of sp³-hybridized carbons (Fsp3) is 0.850. The van der Waals surface area contributed by atoms with E-state index in [4.69, 9.17) is 19.0 Å².